The number of hydrazine groups is 1. The minimum atomic E-state index is -0.624. The van der Waals surface area contributed by atoms with E-state index in [-0.39, 0.29) is 11.9 Å². The number of nitrogens with zero attached hydrogens (tertiary/aromatic N) is 3. The smallest absolute Gasteiger partial charge is 0.254 e. The number of amides is 1. The van der Waals surface area contributed by atoms with Crippen molar-refractivity contribution in [1.29, 1.82) is 0 Å². The van der Waals surface area contributed by atoms with Crippen LogP contribution in [0.3, 0.4) is 0 Å². The summed E-state index contributed by atoms with van der Waals surface area (Å²) in [5, 5.41) is 14.9. The van der Waals surface area contributed by atoms with Gasteiger partial charge in [-0.05, 0) is 62.1 Å². The van der Waals surface area contributed by atoms with Gasteiger partial charge in [0.1, 0.15) is 18.3 Å². The summed E-state index contributed by atoms with van der Waals surface area (Å²) in [4.78, 5) is 29.2. The highest BCUT2D eigenvalue weighted by Gasteiger charge is 2.30. The molecule has 0 saturated heterocycles. The van der Waals surface area contributed by atoms with Crippen molar-refractivity contribution in [3.05, 3.63) is 52.9 Å². The first-order valence-electron chi connectivity index (χ1n) is 12.4. The molecule has 3 aliphatic rings. The second-order valence-electron chi connectivity index (χ2n) is 9.19. The van der Waals surface area contributed by atoms with Crippen molar-refractivity contribution >= 4 is 18.4 Å². The number of hydrogen-bond acceptors (Lipinski definition) is 8. The van der Waals surface area contributed by atoms with Crippen molar-refractivity contribution in [2.75, 3.05) is 26.2 Å². The summed E-state index contributed by atoms with van der Waals surface area (Å²) in [6, 6.07) is 5.73. The van der Waals surface area contributed by atoms with Gasteiger partial charge in [0.2, 0.25) is 0 Å². The first-order chi connectivity index (χ1) is 17.0. The molecule has 1 aromatic rings. The van der Waals surface area contributed by atoms with E-state index in [0.717, 1.165) is 61.3 Å². The SMILES string of the molecule is CC(CCC=O)N1Cc2cc(OCCCCNCC3=CN(C4=CCC(O)N=C4)NC3)ccc2C1=O. The Balaban J connectivity index is 1.12. The van der Waals surface area contributed by atoms with Gasteiger partial charge in [-0.1, -0.05) is 6.08 Å². The van der Waals surface area contributed by atoms with Crippen LogP contribution in [0.25, 0.3) is 0 Å². The van der Waals surface area contributed by atoms with E-state index < -0.39 is 6.23 Å². The van der Waals surface area contributed by atoms with Crippen LogP contribution < -0.4 is 15.5 Å². The number of rotatable bonds is 13. The van der Waals surface area contributed by atoms with Gasteiger partial charge in [-0.25, -0.2) is 5.43 Å². The minimum Gasteiger partial charge on any atom is -0.494 e. The highest BCUT2D eigenvalue weighted by atomic mass is 16.5. The average molecular weight is 482 g/mol. The van der Waals surface area contributed by atoms with Gasteiger partial charge in [0.25, 0.3) is 5.91 Å². The van der Waals surface area contributed by atoms with Crippen molar-refractivity contribution < 1.29 is 19.4 Å². The fraction of sp³-hybridized carbons (Fsp3) is 0.500. The summed E-state index contributed by atoms with van der Waals surface area (Å²) in [5.41, 5.74) is 7.26. The lowest BCUT2D eigenvalue weighted by Gasteiger charge is -2.23. The maximum atomic E-state index is 12.6. The summed E-state index contributed by atoms with van der Waals surface area (Å²) >= 11 is 0. The van der Waals surface area contributed by atoms with E-state index in [1.54, 1.807) is 6.21 Å². The molecule has 0 aromatic heterocycles. The van der Waals surface area contributed by atoms with E-state index in [4.69, 9.17) is 4.74 Å². The second-order valence-corrected chi connectivity index (χ2v) is 9.19. The number of carbonyl (C=O) groups excluding carboxylic acids is 2. The summed E-state index contributed by atoms with van der Waals surface area (Å²) in [6.45, 7) is 5.71. The summed E-state index contributed by atoms with van der Waals surface area (Å²) in [6.07, 6.45) is 9.66. The molecule has 2 unspecified atom stereocenters. The number of hydrogen-bond donors (Lipinski definition) is 3. The molecule has 9 nitrogen and oxygen atoms in total. The molecule has 3 heterocycles. The third-order valence-electron chi connectivity index (χ3n) is 6.49. The van der Waals surface area contributed by atoms with Crippen molar-refractivity contribution in [2.24, 2.45) is 4.99 Å². The van der Waals surface area contributed by atoms with Crippen molar-refractivity contribution in [2.45, 2.75) is 57.8 Å². The van der Waals surface area contributed by atoms with Crippen LogP contribution in [0.1, 0.15) is 54.9 Å². The number of aldehydes is 1. The molecule has 9 heteroatoms. The van der Waals surface area contributed by atoms with Gasteiger partial charge in [-0.15, -0.1) is 0 Å². The third-order valence-corrected chi connectivity index (χ3v) is 6.49. The van der Waals surface area contributed by atoms with Crippen LogP contribution in [0.15, 0.2) is 46.7 Å². The molecule has 0 saturated carbocycles. The zero-order valence-corrected chi connectivity index (χ0v) is 20.3. The normalized spacial score (nSPS) is 20.1. The summed E-state index contributed by atoms with van der Waals surface area (Å²) < 4.78 is 5.93. The Kier molecular flexibility index (Phi) is 8.68. The monoisotopic (exact) mass is 481 g/mol. The number of benzene rings is 1. The van der Waals surface area contributed by atoms with Crippen molar-refractivity contribution in [3.63, 3.8) is 0 Å². The van der Waals surface area contributed by atoms with Gasteiger partial charge in [0.15, 0.2) is 0 Å². The fourth-order valence-electron chi connectivity index (χ4n) is 4.42. The number of carbonyl (C=O) groups is 2. The predicted molar refractivity (Wildman–Crippen MR) is 134 cm³/mol. The molecule has 2 atom stereocenters. The number of ether oxygens (including phenoxy) is 1. The Morgan fingerprint density at radius 1 is 1.37 bits per heavy atom. The number of nitrogens with one attached hydrogen (secondary N) is 2. The Morgan fingerprint density at radius 3 is 3.06 bits per heavy atom. The Morgan fingerprint density at radius 2 is 2.26 bits per heavy atom. The molecule has 1 aromatic carbocycles. The highest BCUT2D eigenvalue weighted by Crippen LogP contribution is 2.29. The molecule has 0 radical (unpaired) electrons. The Labute approximate surface area is 206 Å². The van der Waals surface area contributed by atoms with Gasteiger partial charge >= 0.3 is 0 Å². The fourth-order valence-corrected chi connectivity index (χ4v) is 4.42. The van der Waals surface area contributed by atoms with Gasteiger partial charge in [0, 0.05) is 56.5 Å². The molecule has 0 spiro atoms. The van der Waals surface area contributed by atoms with E-state index >= 15 is 0 Å². The standard InChI is InChI=1S/C26H35N5O4/c1-19(5-4-11-32)30-18-21-13-23(7-8-24(21)26(30)34)35-12-3-2-10-27-14-20-15-29-31(17-20)22-6-9-25(33)28-16-22/h6-8,11,13,16-17,19,25,27,29,33H,2-5,9-10,12,14-15,18H2,1H3. The van der Waals surface area contributed by atoms with Crippen LogP contribution in [0, 0.1) is 0 Å². The number of unbranched alkanes of at least 4 members (excludes halogenated alkanes) is 1. The molecular formula is C26H35N5O4. The number of fused-ring (bicyclic) bond motifs is 1. The average Bonchev–Trinajstić information content (AvgIpc) is 3.47. The quantitative estimate of drug-likeness (QED) is 0.293. The topological polar surface area (TPSA) is 106 Å². The van der Waals surface area contributed by atoms with Crippen LogP contribution in [0.2, 0.25) is 0 Å². The first kappa shape index (κ1) is 25.1. The number of dihydropyridines is 1. The molecule has 3 aliphatic heterocycles. The van der Waals surface area contributed by atoms with Gasteiger partial charge < -0.3 is 24.9 Å². The number of aliphatic imine (C=N–C) groups is 1. The lowest BCUT2D eigenvalue weighted by molar-refractivity contribution is -0.108. The number of aliphatic hydroxyl groups excluding tert-OH is 1. The first-order valence-corrected chi connectivity index (χ1v) is 12.4. The lowest BCUT2D eigenvalue weighted by atomic mass is 10.1. The van der Waals surface area contributed by atoms with Crippen LogP contribution in [0.4, 0.5) is 0 Å². The van der Waals surface area contributed by atoms with E-state index in [1.807, 2.05) is 41.1 Å². The Bertz CT molecular complexity index is 1010. The molecule has 0 aliphatic carbocycles. The van der Waals surface area contributed by atoms with E-state index in [9.17, 15) is 14.7 Å². The van der Waals surface area contributed by atoms with Crippen LogP contribution in [-0.2, 0) is 11.3 Å². The summed E-state index contributed by atoms with van der Waals surface area (Å²) in [5.74, 6) is 0.830. The van der Waals surface area contributed by atoms with E-state index in [0.29, 0.717) is 32.4 Å². The third kappa shape index (κ3) is 6.56. The largest absolute Gasteiger partial charge is 0.494 e. The van der Waals surface area contributed by atoms with E-state index in [1.165, 1.54) is 5.57 Å². The van der Waals surface area contributed by atoms with Gasteiger partial charge in [-0.2, -0.15) is 0 Å². The molecule has 0 bridgehead atoms. The maximum Gasteiger partial charge on any atom is 0.254 e. The second kappa shape index (κ2) is 12.1. The number of aliphatic hydroxyl groups is 1. The Hall–Kier alpha value is -3.01. The zero-order valence-electron chi connectivity index (χ0n) is 20.3. The number of allylic oxidation sites excluding steroid dienone is 1. The van der Waals surface area contributed by atoms with Crippen molar-refractivity contribution in [1.82, 2.24) is 20.7 Å². The molecule has 4 rings (SSSR count). The molecule has 0 fully saturated rings. The van der Waals surface area contributed by atoms with Gasteiger partial charge in [-0.3, -0.25) is 14.8 Å². The molecule has 1 amide bonds. The maximum absolute atomic E-state index is 12.6. The molecular weight excluding hydrogens is 446 g/mol. The van der Waals surface area contributed by atoms with Crippen LogP contribution >= 0.6 is 0 Å². The minimum absolute atomic E-state index is 0.0362. The molecule has 188 valence electrons. The van der Waals surface area contributed by atoms with Crippen LogP contribution in [0.5, 0.6) is 5.75 Å². The lowest BCUT2D eigenvalue weighted by Crippen LogP contribution is -2.33. The van der Waals surface area contributed by atoms with Crippen LogP contribution in [-0.4, -0.2) is 71.9 Å². The predicted octanol–water partition coefficient (Wildman–Crippen LogP) is 2.14. The van der Waals surface area contributed by atoms with Gasteiger partial charge in [0.05, 0.1) is 12.3 Å². The zero-order chi connectivity index (χ0) is 24.6. The molecule has 35 heavy (non-hydrogen) atoms. The summed E-state index contributed by atoms with van der Waals surface area (Å²) in [7, 11) is 0. The highest BCUT2D eigenvalue weighted by molar-refractivity contribution is 5.98. The van der Waals surface area contributed by atoms with Crippen molar-refractivity contribution in [3.8, 4) is 5.75 Å². The molecule has 3 N–H and O–H groups in total. The van der Waals surface area contributed by atoms with E-state index in [2.05, 4.69) is 21.9 Å².